The number of benzene rings is 2. The van der Waals surface area contributed by atoms with Gasteiger partial charge in [0, 0.05) is 18.5 Å². The molecule has 0 aromatic heterocycles. The number of rotatable bonds is 6. The minimum atomic E-state index is -0.286. The van der Waals surface area contributed by atoms with Crippen molar-refractivity contribution in [1.29, 1.82) is 0 Å². The van der Waals surface area contributed by atoms with Crippen molar-refractivity contribution in [3.63, 3.8) is 0 Å². The van der Waals surface area contributed by atoms with Gasteiger partial charge in [0.1, 0.15) is 11.5 Å². The van der Waals surface area contributed by atoms with Crippen LogP contribution in [0.15, 0.2) is 42.5 Å². The van der Waals surface area contributed by atoms with E-state index in [1.165, 1.54) is 5.56 Å². The average Bonchev–Trinajstić information content (AvgIpc) is 2.65. The topological polar surface area (TPSA) is 64.6 Å². The van der Waals surface area contributed by atoms with Gasteiger partial charge in [-0.05, 0) is 59.7 Å². The Morgan fingerprint density at radius 3 is 2.46 bits per heavy atom. The van der Waals surface area contributed by atoms with E-state index in [4.69, 9.17) is 9.47 Å². The fraction of sp³-hybridized carbons (Fsp3) is 0.391. The summed E-state index contributed by atoms with van der Waals surface area (Å²) >= 11 is 0. The highest BCUT2D eigenvalue weighted by molar-refractivity contribution is 5.94. The zero-order valence-corrected chi connectivity index (χ0v) is 16.7. The minimum absolute atomic E-state index is 0.0188. The van der Waals surface area contributed by atoms with Gasteiger partial charge in [0.05, 0.1) is 6.61 Å². The van der Waals surface area contributed by atoms with Gasteiger partial charge in [-0.2, -0.15) is 0 Å². The number of esters is 1. The van der Waals surface area contributed by atoms with Gasteiger partial charge in [0.2, 0.25) is 5.91 Å². The lowest BCUT2D eigenvalue weighted by molar-refractivity contribution is -0.134. The van der Waals surface area contributed by atoms with E-state index in [0.29, 0.717) is 31.6 Å². The second kappa shape index (κ2) is 8.46. The maximum Gasteiger partial charge on any atom is 0.311 e. The molecule has 1 N–H and O–H groups in total. The number of carbonyl (C=O) groups excluding carboxylic acids is 2. The van der Waals surface area contributed by atoms with Crippen LogP contribution in [0.25, 0.3) is 0 Å². The van der Waals surface area contributed by atoms with Gasteiger partial charge in [0.25, 0.3) is 0 Å². The molecule has 1 aliphatic rings. The van der Waals surface area contributed by atoms with Crippen molar-refractivity contribution in [2.45, 2.75) is 51.9 Å². The Labute approximate surface area is 166 Å². The normalized spacial score (nSPS) is 13.5. The lowest BCUT2D eigenvalue weighted by Crippen LogP contribution is -2.19. The summed E-state index contributed by atoms with van der Waals surface area (Å²) in [6.07, 6.45) is 1.99. The molecule has 0 unspecified atom stereocenters. The number of anilines is 1. The Kier molecular flexibility index (Phi) is 6.02. The second-order valence-corrected chi connectivity index (χ2v) is 8.07. The fourth-order valence-electron chi connectivity index (χ4n) is 3.06. The molecule has 28 heavy (non-hydrogen) atoms. The molecule has 1 amide bonds. The summed E-state index contributed by atoms with van der Waals surface area (Å²) in [4.78, 5) is 23.4. The number of nitrogens with one attached hydrogen (secondary N) is 1. The molecule has 1 heterocycles. The van der Waals surface area contributed by atoms with Crippen LogP contribution in [0, 0.1) is 0 Å². The molecule has 0 bridgehead atoms. The number of hydrogen-bond acceptors (Lipinski definition) is 4. The zero-order chi connectivity index (χ0) is 20.1. The van der Waals surface area contributed by atoms with Crippen LogP contribution in [0.5, 0.6) is 11.5 Å². The molecule has 1 aliphatic heterocycles. The number of aryl methyl sites for hydroxylation is 1. The predicted molar refractivity (Wildman–Crippen MR) is 109 cm³/mol. The first-order chi connectivity index (χ1) is 13.3. The van der Waals surface area contributed by atoms with E-state index in [1.807, 2.05) is 18.2 Å². The quantitative estimate of drug-likeness (QED) is 0.450. The third-order valence-corrected chi connectivity index (χ3v) is 4.72. The summed E-state index contributed by atoms with van der Waals surface area (Å²) in [6, 6.07) is 13.4. The van der Waals surface area contributed by atoms with Crippen LogP contribution in [0.1, 0.15) is 51.2 Å². The number of ether oxygens (including phenoxy) is 2. The van der Waals surface area contributed by atoms with E-state index >= 15 is 0 Å². The molecule has 0 saturated carbocycles. The van der Waals surface area contributed by atoms with Crippen molar-refractivity contribution in [3.8, 4) is 11.5 Å². The van der Waals surface area contributed by atoms with E-state index in [2.05, 4.69) is 38.2 Å². The lowest BCUT2D eigenvalue weighted by Gasteiger charge is -2.19. The van der Waals surface area contributed by atoms with Crippen LogP contribution in [-0.2, 0) is 21.4 Å². The molecule has 0 saturated heterocycles. The van der Waals surface area contributed by atoms with Crippen molar-refractivity contribution >= 4 is 17.6 Å². The maximum atomic E-state index is 12.1. The summed E-state index contributed by atoms with van der Waals surface area (Å²) in [5, 5.41) is 2.81. The molecule has 0 atom stereocenters. The van der Waals surface area contributed by atoms with Crippen molar-refractivity contribution in [3.05, 3.63) is 53.6 Å². The Morgan fingerprint density at radius 1 is 1.04 bits per heavy atom. The van der Waals surface area contributed by atoms with Gasteiger partial charge in [-0.3, -0.25) is 9.59 Å². The summed E-state index contributed by atoms with van der Waals surface area (Å²) < 4.78 is 11.1. The standard InChI is InChI=1S/C23H27NO4/c1-23(2,3)17-7-9-18(10-8-17)27-14-4-5-22(26)28-19-11-12-20-16(15-19)6-13-21(25)24-20/h7-12,15H,4-6,13-14H2,1-3H3,(H,24,25). The number of carbonyl (C=O) groups is 2. The average molecular weight is 381 g/mol. The van der Waals surface area contributed by atoms with Crippen molar-refractivity contribution in [2.24, 2.45) is 0 Å². The molecule has 5 nitrogen and oxygen atoms in total. The third kappa shape index (κ3) is 5.35. The van der Waals surface area contributed by atoms with E-state index in [-0.39, 0.29) is 23.7 Å². The molecule has 148 valence electrons. The van der Waals surface area contributed by atoms with Crippen LogP contribution in [0.3, 0.4) is 0 Å². The van der Waals surface area contributed by atoms with Gasteiger partial charge in [-0.1, -0.05) is 32.9 Å². The molecule has 0 fully saturated rings. The van der Waals surface area contributed by atoms with E-state index in [0.717, 1.165) is 17.0 Å². The van der Waals surface area contributed by atoms with Crippen molar-refractivity contribution in [1.82, 2.24) is 0 Å². The van der Waals surface area contributed by atoms with Gasteiger partial charge in [-0.25, -0.2) is 0 Å². The Balaban J connectivity index is 1.42. The second-order valence-electron chi connectivity index (χ2n) is 8.07. The number of hydrogen-bond donors (Lipinski definition) is 1. The van der Waals surface area contributed by atoms with Gasteiger partial charge >= 0.3 is 5.97 Å². The first kappa shape index (κ1) is 19.9. The molecule has 0 spiro atoms. The van der Waals surface area contributed by atoms with Crippen LogP contribution >= 0.6 is 0 Å². The number of fused-ring (bicyclic) bond motifs is 1. The Morgan fingerprint density at radius 2 is 1.75 bits per heavy atom. The summed E-state index contributed by atoms with van der Waals surface area (Å²) in [5.41, 5.74) is 3.16. The molecular weight excluding hydrogens is 354 g/mol. The minimum Gasteiger partial charge on any atom is -0.494 e. The van der Waals surface area contributed by atoms with Gasteiger partial charge in [-0.15, -0.1) is 0 Å². The Bertz CT molecular complexity index is 850. The molecule has 5 heteroatoms. The van der Waals surface area contributed by atoms with Crippen molar-refractivity contribution < 1.29 is 19.1 Å². The molecule has 0 aliphatic carbocycles. The first-order valence-electron chi connectivity index (χ1n) is 9.68. The first-order valence-corrected chi connectivity index (χ1v) is 9.68. The van der Waals surface area contributed by atoms with Crippen LogP contribution in [0.4, 0.5) is 5.69 Å². The summed E-state index contributed by atoms with van der Waals surface area (Å²) in [7, 11) is 0. The lowest BCUT2D eigenvalue weighted by atomic mass is 9.87. The zero-order valence-electron chi connectivity index (χ0n) is 16.7. The SMILES string of the molecule is CC(C)(C)c1ccc(OCCCC(=O)Oc2ccc3c(c2)CCC(=O)N3)cc1. The van der Waals surface area contributed by atoms with Gasteiger partial charge < -0.3 is 14.8 Å². The molecule has 2 aromatic rings. The monoisotopic (exact) mass is 381 g/mol. The smallest absolute Gasteiger partial charge is 0.311 e. The molecule has 0 radical (unpaired) electrons. The van der Waals surface area contributed by atoms with E-state index in [1.54, 1.807) is 12.1 Å². The number of amides is 1. The highest BCUT2D eigenvalue weighted by atomic mass is 16.5. The third-order valence-electron chi connectivity index (χ3n) is 4.72. The van der Waals surface area contributed by atoms with Crippen LogP contribution in [-0.4, -0.2) is 18.5 Å². The maximum absolute atomic E-state index is 12.1. The summed E-state index contributed by atoms with van der Waals surface area (Å²) in [6.45, 7) is 6.98. The summed E-state index contributed by atoms with van der Waals surface area (Å²) in [5.74, 6) is 1.05. The fourth-order valence-corrected chi connectivity index (χ4v) is 3.06. The highest BCUT2D eigenvalue weighted by Gasteiger charge is 2.16. The molecule has 3 rings (SSSR count). The molecular formula is C23H27NO4. The van der Waals surface area contributed by atoms with Crippen molar-refractivity contribution in [2.75, 3.05) is 11.9 Å². The highest BCUT2D eigenvalue weighted by Crippen LogP contribution is 2.27. The predicted octanol–water partition coefficient (Wildman–Crippen LogP) is 4.63. The van der Waals surface area contributed by atoms with E-state index in [9.17, 15) is 9.59 Å². The van der Waals surface area contributed by atoms with Crippen LogP contribution in [0.2, 0.25) is 0 Å². The molecule has 2 aromatic carbocycles. The van der Waals surface area contributed by atoms with E-state index < -0.39 is 0 Å². The largest absolute Gasteiger partial charge is 0.494 e. The van der Waals surface area contributed by atoms with Gasteiger partial charge in [0.15, 0.2) is 0 Å². The van der Waals surface area contributed by atoms with Crippen LogP contribution < -0.4 is 14.8 Å². The Hall–Kier alpha value is -2.82.